The van der Waals surface area contributed by atoms with Gasteiger partial charge in [-0.2, -0.15) is 0 Å². The second kappa shape index (κ2) is 13.2. The van der Waals surface area contributed by atoms with E-state index in [4.69, 9.17) is 9.47 Å². The molecule has 8 heteroatoms. The number of methoxy groups -OCH3 is 1. The zero-order chi connectivity index (χ0) is 14.9. The fourth-order valence-corrected chi connectivity index (χ4v) is 3.07. The van der Waals surface area contributed by atoms with E-state index in [-0.39, 0.29) is 30.7 Å². The molecule has 1 N–H and O–H groups in total. The molecule has 2 fully saturated rings. The maximum Gasteiger partial charge on any atom is 0.236 e. The van der Waals surface area contributed by atoms with E-state index in [9.17, 15) is 4.79 Å². The lowest BCUT2D eigenvalue weighted by Crippen LogP contribution is -2.53. The molecule has 0 saturated carbocycles. The molecule has 0 radical (unpaired) electrons. The van der Waals surface area contributed by atoms with Gasteiger partial charge in [0.25, 0.3) is 0 Å². The first-order valence-electron chi connectivity index (χ1n) is 8.10. The number of nitrogens with one attached hydrogen (secondary N) is 1. The Labute approximate surface area is 152 Å². The molecule has 1 unspecified atom stereocenters. The Hall–Kier alpha value is -0.110. The lowest BCUT2D eigenvalue weighted by Gasteiger charge is -2.39. The van der Waals surface area contributed by atoms with Crippen LogP contribution in [0.5, 0.6) is 0 Å². The van der Waals surface area contributed by atoms with Gasteiger partial charge in [-0.1, -0.05) is 0 Å². The molecular formula is C15H31Cl2N3O3. The Bertz CT molecular complexity index is 318. The maximum absolute atomic E-state index is 12.4. The molecule has 2 saturated heterocycles. The molecule has 0 aromatic carbocycles. The van der Waals surface area contributed by atoms with Crippen LogP contribution in [-0.4, -0.2) is 87.9 Å². The van der Waals surface area contributed by atoms with Gasteiger partial charge in [-0.25, -0.2) is 0 Å². The molecule has 0 spiro atoms. The minimum absolute atomic E-state index is 0. The maximum atomic E-state index is 12.4. The quantitative estimate of drug-likeness (QED) is 0.670. The van der Waals surface area contributed by atoms with Gasteiger partial charge >= 0.3 is 0 Å². The van der Waals surface area contributed by atoms with E-state index in [0.717, 1.165) is 58.8 Å². The Balaban J connectivity index is 0.00000242. The largest absolute Gasteiger partial charge is 0.383 e. The van der Waals surface area contributed by atoms with Gasteiger partial charge in [0.2, 0.25) is 5.91 Å². The van der Waals surface area contributed by atoms with Crippen LogP contribution in [0, 0.1) is 0 Å². The van der Waals surface area contributed by atoms with Crippen LogP contribution >= 0.6 is 24.8 Å². The zero-order valence-corrected chi connectivity index (χ0v) is 15.6. The van der Waals surface area contributed by atoms with Crippen molar-refractivity contribution in [3.05, 3.63) is 0 Å². The minimum Gasteiger partial charge on any atom is -0.383 e. The van der Waals surface area contributed by atoms with E-state index in [1.54, 1.807) is 7.11 Å². The fraction of sp³-hybridized carbons (Fsp3) is 0.933. The average molecular weight is 372 g/mol. The number of halogens is 2. The second-order valence-electron chi connectivity index (χ2n) is 5.82. The van der Waals surface area contributed by atoms with Crippen molar-refractivity contribution >= 4 is 30.7 Å². The number of morpholine rings is 1. The third-order valence-electron chi connectivity index (χ3n) is 4.28. The number of carbonyl (C=O) groups is 1. The van der Waals surface area contributed by atoms with Crippen molar-refractivity contribution in [3.8, 4) is 0 Å². The molecule has 2 rings (SSSR count). The van der Waals surface area contributed by atoms with Crippen molar-refractivity contribution in [2.75, 3.05) is 66.2 Å². The van der Waals surface area contributed by atoms with E-state index < -0.39 is 0 Å². The standard InChI is InChI=1S/C15H29N3O3.2ClH/c1-20-9-5-16-12-15(19)18-6-3-2-4-14(18)13-17-7-10-21-11-8-17;;/h14,16H,2-13H2,1H3;2*1H. The third kappa shape index (κ3) is 8.01. The van der Waals surface area contributed by atoms with Crippen molar-refractivity contribution in [1.29, 1.82) is 0 Å². The summed E-state index contributed by atoms with van der Waals surface area (Å²) >= 11 is 0. The zero-order valence-electron chi connectivity index (χ0n) is 14.0. The van der Waals surface area contributed by atoms with Crippen LogP contribution in [0.4, 0.5) is 0 Å². The highest BCUT2D eigenvalue weighted by atomic mass is 35.5. The molecule has 0 bridgehead atoms. The van der Waals surface area contributed by atoms with Crippen LogP contribution < -0.4 is 5.32 Å². The Kier molecular flexibility index (Phi) is 13.1. The van der Waals surface area contributed by atoms with E-state index in [1.807, 2.05) is 0 Å². The molecule has 2 heterocycles. The summed E-state index contributed by atoms with van der Waals surface area (Å²) in [6.45, 7) is 7.30. The molecule has 138 valence electrons. The molecule has 0 aliphatic carbocycles. The normalized spacial score (nSPS) is 22.1. The summed E-state index contributed by atoms with van der Waals surface area (Å²) in [5.74, 6) is 0.226. The number of rotatable bonds is 7. The summed E-state index contributed by atoms with van der Waals surface area (Å²) < 4.78 is 10.4. The van der Waals surface area contributed by atoms with Crippen molar-refractivity contribution in [3.63, 3.8) is 0 Å². The molecule has 6 nitrogen and oxygen atoms in total. The van der Waals surface area contributed by atoms with Crippen molar-refractivity contribution in [1.82, 2.24) is 15.1 Å². The number of carbonyl (C=O) groups excluding carboxylic acids is 1. The Morgan fingerprint density at radius 2 is 1.96 bits per heavy atom. The van der Waals surface area contributed by atoms with Gasteiger partial charge in [-0.05, 0) is 19.3 Å². The van der Waals surface area contributed by atoms with Gasteiger partial charge in [0.15, 0.2) is 0 Å². The fourth-order valence-electron chi connectivity index (χ4n) is 3.07. The van der Waals surface area contributed by atoms with Crippen molar-refractivity contribution < 1.29 is 14.3 Å². The van der Waals surface area contributed by atoms with E-state index in [2.05, 4.69) is 15.1 Å². The topological polar surface area (TPSA) is 54.0 Å². The number of ether oxygens (including phenoxy) is 2. The summed E-state index contributed by atoms with van der Waals surface area (Å²) in [6.07, 6.45) is 3.49. The highest BCUT2D eigenvalue weighted by Gasteiger charge is 2.28. The predicted octanol–water partition coefficient (Wildman–Crippen LogP) is 0.779. The van der Waals surface area contributed by atoms with Crippen molar-refractivity contribution in [2.24, 2.45) is 0 Å². The lowest BCUT2D eigenvalue weighted by molar-refractivity contribution is -0.134. The number of nitrogens with zero attached hydrogens (tertiary/aromatic N) is 2. The molecule has 1 atom stereocenters. The van der Waals surface area contributed by atoms with E-state index >= 15 is 0 Å². The van der Waals surface area contributed by atoms with Gasteiger partial charge in [-0.15, -0.1) is 24.8 Å². The third-order valence-corrected chi connectivity index (χ3v) is 4.28. The van der Waals surface area contributed by atoms with Gasteiger partial charge < -0.3 is 19.7 Å². The molecule has 0 aromatic rings. The molecule has 23 heavy (non-hydrogen) atoms. The van der Waals surface area contributed by atoms with Gasteiger partial charge in [0.1, 0.15) is 0 Å². The number of hydrogen-bond donors (Lipinski definition) is 1. The van der Waals surface area contributed by atoms with Gasteiger partial charge in [-0.3, -0.25) is 9.69 Å². The summed E-state index contributed by atoms with van der Waals surface area (Å²) in [6, 6.07) is 0.369. The Morgan fingerprint density at radius 3 is 2.65 bits per heavy atom. The molecular weight excluding hydrogens is 341 g/mol. The monoisotopic (exact) mass is 371 g/mol. The second-order valence-corrected chi connectivity index (χ2v) is 5.82. The first kappa shape index (κ1) is 22.9. The van der Waals surface area contributed by atoms with Crippen LogP contribution in [0.2, 0.25) is 0 Å². The van der Waals surface area contributed by atoms with E-state index in [1.165, 1.54) is 6.42 Å². The molecule has 2 aliphatic rings. The first-order chi connectivity index (χ1) is 10.3. The van der Waals surface area contributed by atoms with Crippen LogP contribution in [0.25, 0.3) is 0 Å². The van der Waals surface area contributed by atoms with Gasteiger partial charge in [0.05, 0.1) is 26.4 Å². The predicted molar refractivity (Wildman–Crippen MR) is 95.9 cm³/mol. The summed E-state index contributed by atoms with van der Waals surface area (Å²) in [4.78, 5) is 16.9. The summed E-state index contributed by atoms with van der Waals surface area (Å²) in [7, 11) is 1.67. The highest BCUT2D eigenvalue weighted by molar-refractivity contribution is 5.85. The number of hydrogen-bond acceptors (Lipinski definition) is 5. The van der Waals surface area contributed by atoms with Crippen molar-refractivity contribution in [2.45, 2.75) is 25.3 Å². The summed E-state index contributed by atoms with van der Waals surface area (Å²) in [5, 5.41) is 3.16. The van der Waals surface area contributed by atoms with Gasteiger partial charge in [0, 0.05) is 45.9 Å². The average Bonchev–Trinajstić information content (AvgIpc) is 2.53. The Morgan fingerprint density at radius 1 is 1.22 bits per heavy atom. The first-order valence-corrected chi connectivity index (χ1v) is 8.10. The van der Waals surface area contributed by atoms with E-state index in [0.29, 0.717) is 19.2 Å². The molecule has 2 aliphatic heterocycles. The molecule has 1 amide bonds. The van der Waals surface area contributed by atoms with Crippen LogP contribution in [0.3, 0.4) is 0 Å². The molecule has 0 aromatic heterocycles. The minimum atomic E-state index is 0. The highest BCUT2D eigenvalue weighted by Crippen LogP contribution is 2.18. The smallest absolute Gasteiger partial charge is 0.236 e. The number of piperidine rings is 1. The summed E-state index contributed by atoms with van der Waals surface area (Å²) in [5.41, 5.74) is 0. The van der Waals surface area contributed by atoms with Crippen LogP contribution in [-0.2, 0) is 14.3 Å². The SMILES string of the molecule is COCCNCC(=O)N1CCCCC1CN1CCOCC1.Cl.Cl. The van der Waals surface area contributed by atoms with Crippen LogP contribution in [0.15, 0.2) is 0 Å². The number of amides is 1. The number of likely N-dealkylation sites (tertiary alicyclic amines) is 1. The lowest BCUT2D eigenvalue weighted by atomic mass is 10.0. The van der Waals surface area contributed by atoms with Crippen LogP contribution in [0.1, 0.15) is 19.3 Å².